The molecule has 0 aliphatic rings. The van der Waals surface area contributed by atoms with E-state index in [1.807, 2.05) is 18.2 Å². The number of halogens is 3. The number of benzene rings is 4. The molecule has 4 heteroatoms. The summed E-state index contributed by atoms with van der Waals surface area (Å²) in [6, 6.07) is 32.8. The summed E-state index contributed by atoms with van der Waals surface area (Å²) in [6.07, 6.45) is 0.571. The summed E-state index contributed by atoms with van der Waals surface area (Å²) in [7, 11) is 0. The van der Waals surface area contributed by atoms with Gasteiger partial charge in [0.2, 0.25) is 0 Å². The van der Waals surface area contributed by atoms with Crippen molar-refractivity contribution in [3.8, 4) is 0 Å². The van der Waals surface area contributed by atoms with Crippen LogP contribution < -0.4 is 15.9 Å². The van der Waals surface area contributed by atoms with Crippen LogP contribution >= 0.6 is 40.4 Å². The van der Waals surface area contributed by atoms with Crippen LogP contribution in [0.4, 0.5) is 0 Å². The van der Waals surface area contributed by atoms with Gasteiger partial charge in [-0.2, -0.15) is 0 Å². The van der Waals surface area contributed by atoms with Gasteiger partial charge >= 0.3 is 264 Å². The van der Waals surface area contributed by atoms with Gasteiger partial charge in [0.1, 0.15) is 0 Å². The van der Waals surface area contributed by atoms with Crippen LogP contribution in [0.2, 0.25) is 10.0 Å². The molecule has 0 fully saturated rings. The van der Waals surface area contributed by atoms with Crippen LogP contribution in [0.15, 0.2) is 91.0 Å². The molecule has 4 aromatic rings. The average Bonchev–Trinajstić information content (AvgIpc) is 2.89. The van der Waals surface area contributed by atoms with Crippen molar-refractivity contribution in [3.05, 3.63) is 123 Å². The van der Waals surface area contributed by atoms with E-state index in [4.69, 9.17) is 34.4 Å². The molecule has 0 atom stereocenters. The Morgan fingerprint density at radius 2 is 0.805 bits per heavy atom. The normalized spacial score (nSPS) is 14.0. The molecule has 0 saturated heterocycles. The fourth-order valence-corrected chi connectivity index (χ4v) is 12.1. The third-order valence-corrected chi connectivity index (χ3v) is 16.1. The molecule has 0 aromatic heterocycles. The monoisotopic (exact) mass is 624 g/mol. The first-order valence-corrected chi connectivity index (χ1v) is 18.4. The predicted octanol–water partition coefficient (Wildman–Crippen LogP) is 11.1. The molecule has 0 spiro atoms. The molecule has 0 radical (unpaired) electrons. The van der Waals surface area contributed by atoms with Crippen molar-refractivity contribution in [3.63, 3.8) is 0 Å². The molecule has 0 amide bonds. The molecule has 0 heterocycles. The number of hydrogen-bond donors (Lipinski definition) is 0. The fraction of sp³-hybridized carbons (Fsp3) is 0.351. The second kappa shape index (κ2) is 11.0. The van der Waals surface area contributed by atoms with E-state index in [9.17, 15) is 0 Å². The first kappa shape index (κ1) is 32.1. The second-order valence-electron chi connectivity index (χ2n) is 14.5. The van der Waals surface area contributed by atoms with E-state index in [0.717, 1.165) is 21.5 Å². The average molecular weight is 626 g/mol. The Labute approximate surface area is 263 Å². The SMILES string of the molecule is CC(C)(C)c1ccc(P(Cl)(Cc2ccc(Cl)cc2Cl)(c2ccc(C(C)(C)C)cc2)c2ccc(C(C)(C)C)cc2)cc1. The molecular weight excluding hydrogens is 582 g/mol. The van der Waals surface area contributed by atoms with Crippen LogP contribution in [-0.2, 0) is 22.4 Å². The van der Waals surface area contributed by atoms with Crippen LogP contribution in [0.5, 0.6) is 0 Å². The molecule has 41 heavy (non-hydrogen) atoms. The first-order valence-electron chi connectivity index (χ1n) is 14.3. The van der Waals surface area contributed by atoms with E-state index in [-0.39, 0.29) is 16.2 Å². The summed E-state index contributed by atoms with van der Waals surface area (Å²) in [5.74, 6) is -3.65. The van der Waals surface area contributed by atoms with Crippen LogP contribution in [0.3, 0.4) is 0 Å². The van der Waals surface area contributed by atoms with E-state index in [1.54, 1.807) is 0 Å². The zero-order chi connectivity index (χ0) is 30.5. The van der Waals surface area contributed by atoms with Gasteiger partial charge in [0.25, 0.3) is 0 Å². The van der Waals surface area contributed by atoms with Crippen molar-refractivity contribution in [1.29, 1.82) is 0 Å². The second-order valence-corrected chi connectivity index (χ2v) is 21.8. The topological polar surface area (TPSA) is 0 Å². The quantitative estimate of drug-likeness (QED) is 0.194. The minimum atomic E-state index is -3.65. The molecule has 0 N–H and O–H groups in total. The summed E-state index contributed by atoms with van der Waals surface area (Å²) >= 11 is 21.8. The zero-order valence-corrected chi connectivity index (χ0v) is 29.1. The van der Waals surface area contributed by atoms with Gasteiger partial charge in [0.05, 0.1) is 0 Å². The van der Waals surface area contributed by atoms with Gasteiger partial charge in [-0.1, -0.05) is 0 Å². The summed E-state index contributed by atoms with van der Waals surface area (Å²) in [4.78, 5) is 0. The van der Waals surface area contributed by atoms with Crippen LogP contribution in [0.1, 0.15) is 84.6 Å². The first-order chi connectivity index (χ1) is 18.8. The Kier molecular flexibility index (Phi) is 8.63. The van der Waals surface area contributed by atoms with Crippen LogP contribution in [-0.4, -0.2) is 0 Å². The Morgan fingerprint density at radius 3 is 1.07 bits per heavy atom. The van der Waals surface area contributed by atoms with Crippen molar-refractivity contribution in [2.24, 2.45) is 0 Å². The summed E-state index contributed by atoms with van der Waals surface area (Å²) in [5, 5.41) is 4.64. The maximum absolute atomic E-state index is 8.56. The van der Waals surface area contributed by atoms with Gasteiger partial charge in [-0.05, 0) is 0 Å². The fourth-order valence-electron chi connectivity index (χ4n) is 5.51. The molecule has 0 unspecified atom stereocenters. The zero-order valence-electron chi connectivity index (χ0n) is 25.9. The third kappa shape index (κ3) is 6.28. The van der Waals surface area contributed by atoms with E-state index < -0.39 is 5.96 Å². The maximum atomic E-state index is 8.56. The van der Waals surface area contributed by atoms with Gasteiger partial charge in [0.15, 0.2) is 0 Å². The van der Waals surface area contributed by atoms with Crippen LogP contribution in [0.25, 0.3) is 0 Å². The van der Waals surface area contributed by atoms with Crippen molar-refractivity contribution < 1.29 is 0 Å². The van der Waals surface area contributed by atoms with Crippen molar-refractivity contribution in [1.82, 2.24) is 0 Å². The molecule has 4 rings (SSSR count). The Morgan fingerprint density at radius 1 is 0.488 bits per heavy atom. The standard InChI is InChI=1S/C37H44Cl3P/c1-35(2,3)27-11-18-31(19-12-27)41(40,25-26-10-17-30(38)24-34(26)39,32-20-13-28(14-21-32)36(4,5)6)33-22-15-29(16-23-33)37(7,8)9/h10-24H,25H2,1-9H3. The van der Waals surface area contributed by atoms with Crippen LogP contribution in [0, 0.1) is 0 Å². The Balaban J connectivity index is 2.11. The summed E-state index contributed by atoms with van der Waals surface area (Å²) < 4.78 is 0. The molecule has 4 aromatic carbocycles. The number of rotatable bonds is 5. The predicted molar refractivity (Wildman–Crippen MR) is 187 cm³/mol. The van der Waals surface area contributed by atoms with E-state index >= 15 is 0 Å². The van der Waals surface area contributed by atoms with Gasteiger partial charge in [0, 0.05) is 0 Å². The number of hydrogen-bond acceptors (Lipinski definition) is 0. The molecule has 0 saturated carbocycles. The third-order valence-electron chi connectivity index (χ3n) is 8.30. The Hall–Kier alpha value is -1.82. The molecule has 0 aliphatic carbocycles. The summed E-state index contributed by atoms with van der Waals surface area (Å²) in [6.45, 7) is 20.2. The van der Waals surface area contributed by atoms with Gasteiger partial charge in [-0.3, -0.25) is 0 Å². The van der Waals surface area contributed by atoms with E-state index in [1.165, 1.54) is 16.7 Å². The molecular formula is C37H44Cl3P. The van der Waals surface area contributed by atoms with Crippen molar-refractivity contribution >= 4 is 56.3 Å². The minimum absolute atomic E-state index is 0.0312. The van der Waals surface area contributed by atoms with E-state index in [0.29, 0.717) is 16.2 Å². The van der Waals surface area contributed by atoms with Gasteiger partial charge in [-0.15, -0.1) is 0 Å². The molecule has 0 nitrogen and oxygen atoms in total. The summed E-state index contributed by atoms with van der Waals surface area (Å²) in [5.41, 5.74) is 4.91. The Bertz CT molecular complexity index is 1370. The van der Waals surface area contributed by atoms with E-state index in [2.05, 4.69) is 135 Å². The van der Waals surface area contributed by atoms with Crippen molar-refractivity contribution in [2.75, 3.05) is 0 Å². The molecule has 0 aliphatic heterocycles. The van der Waals surface area contributed by atoms with Gasteiger partial charge < -0.3 is 0 Å². The molecule has 218 valence electrons. The van der Waals surface area contributed by atoms with Crippen molar-refractivity contribution in [2.45, 2.75) is 84.7 Å². The molecule has 0 bridgehead atoms. The van der Waals surface area contributed by atoms with Gasteiger partial charge in [-0.25, -0.2) is 0 Å².